The number of rotatable bonds is 4. The first-order valence-electron chi connectivity index (χ1n) is 5.06. The first kappa shape index (κ1) is 11.7. The molecule has 1 aromatic carbocycles. The summed E-state index contributed by atoms with van der Waals surface area (Å²) in [6.07, 6.45) is 1.34. The SMILES string of the molecule is CCc1ccc(C[C@](C)(N)C(=O)O)cc1. The summed E-state index contributed by atoms with van der Waals surface area (Å²) >= 11 is 0. The van der Waals surface area contributed by atoms with Gasteiger partial charge in [-0.2, -0.15) is 0 Å². The van der Waals surface area contributed by atoms with Crippen LogP contribution in [0.25, 0.3) is 0 Å². The third-order valence-corrected chi connectivity index (χ3v) is 2.49. The molecular weight excluding hydrogens is 190 g/mol. The first-order chi connectivity index (χ1) is 6.95. The lowest BCUT2D eigenvalue weighted by molar-refractivity contribution is -0.142. The topological polar surface area (TPSA) is 63.3 Å². The molecule has 0 aromatic heterocycles. The van der Waals surface area contributed by atoms with E-state index in [0.717, 1.165) is 12.0 Å². The van der Waals surface area contributed by atoms with Crippen LogP contribution in [0.4, 0.5) is 0 Å². The van der Waals surface area contributed by atoms with Crippen molar-refractivity contribution in [2.24, 2.45) is 5.73 Å². The molecule has 3 nitrogen and oxygen atoms in total. The van der Waals surface area contributed by atoms with Crippen molar-refractivity contribution in [3.63, 3.8) is 0 Å². The van der Waals surface area contributed by atoms with Crippen LogP contribution in [-0.2, 0) is 17.6 Å². The average molecular weight is 207 g/mol. The van der Waals surface area contributed by atoms with Crippen LogP contribution < -0.4 is 5.73 Å². The maximum Gasteiger partial charge on any atom is 0.323 e. The Labute approximate surface area is 89.9 Å². The van der Waals surface area contributed by atoms with E-state index >= 15 is 0 Å². The van der Waals surface area contributed by atoms with E-state index in [1.54, 1.807) is 0 Å². The van der Waals surface area contributed by atoms with Gasteiger partial charge in [-0.3, -0.25) is 4.79 Å². The second-order valence-electron chi connectivity index (χ2n) is 4.07. The van der Waals surface area contributed by atoms with Gasteiger partial charge in [-0.15, -0.1) is 0 Å². The summed E-state index contributed by atoms with van der Waals surface area (Å²) in [7, 11) is 0. The predicted molar refractivity (Wildman–Crippen MR) is 59.8 cm³/mol. The fourth-order valence-corrected chi connectivity index (χ4v) is 1.39. The maximum absolute atomic E-state index is 10.8. The van der Waals surface area contributed by atoms with Crippen LogP contribution in [0.2, 0.25) is 0 Å². The minimum absolute atomic E-state index is 0.353. The molecule has 0 saturated carbocycles. The van der Waals surface area contributed by atoms with Crippen molar-refractivity contribution in [2.45, 2.75) is 32.2 Å². The fraction of sp³-hybridized carbons (Fsp3) is 0.417. The summed E-state index contributed by atoms with van der Waals surface area (Å²) in [5.74, 6) is -0.970. The Bertz CT molecular complexity index is 341. The lowest BCUT2D eigenvalue weighted by atomic mass is 9.93. The van der Waals surface area contributed by atoms with E-state index in [2.05, 4.69) is 6.92 Å². The summed E-state index contributed by atoms with van der Waals surface area (Å²) in [5.41, 5.74) is 6.68. The molecule has 0 aliphatic heterocycles. The number of hydrogen-bond donors (Lipinski definition) is 2. The molecule has 0 saturated heterocycles. The van der Waals surface area contributed by atoms with E-state index in [1.165, 1.54) is 12.5 Å². The zero-order valence-electron chi connectivity index (χ0n) is 9.16. The highest BCUT2D eigenvalue weighted by Crippen LogP contribution is 2.12. The van der Waals surface area contributed by atoms with Crippen molar-refractivity contribution in [1.29, 1.82) is 0 Å². The van der Waals surface area contributed by atoms with Crippen LogP contribution in [0.15, 0.2) is 24.3 Å². The van der Waals surface area contributed by atoms with Crippen molar-refractivity contribution in [1.82, 2.24) is 0 Å². The van der Waals surface area contributed by atoms with Crippen LogP contribution in [0, 0.1) is 0 Å². The number of carbonyl (C=O) groups is 1. The van der Waals surface area contributed by atoms with Crippen LogP contribution in [0.1, 0.15) is 25.0 Å². The quantitative estimate of drug-likeness (QED) is 0.788. The van der Waals surface area contributed by atoms with Gasteiger partial charge in [0.25, 0.3) is 0 Å². The van der Waals surface area contributed by atoms with Crippen molar-refractivity contribution in [3.8, 4) is 0 Å². The highest BCUT2D eigenvalue weighted by Gasteiger charge is 2.27. The standard InChI is InChI=1S/C12H17NO2/c1-3-9-4-6-10(7-5-9)8-12(2,13)11(14)15/h4-7H,3,8,13H2,1-2H3,(H,14,15)/t12-/m0/s1. The third-order valence-electron chi connectivity index (χ3n) is 2.49. The van der Waals surface area contributed by atoms with Crippen molar-refractivity contribution in [2.75, 3.05) is 0 Å². The molecule has 15 heavy (non-hydrogen) atoms. The van der Waals surface area contributed by atoms with Gasteiger partial charge >= 0.3 is 5.97 Å². The number of aryl methyl sites for hydroxylation is 1. The molecule has 1 rings (SSSR count). The van der Waals surface area contributed by atoms with Gasteiger partial charge in [0.2, 0.25) is 0 Å². The lowest BCUT2D eigenvalue weighted by Gasteiger charge is -2.19. The number of carboxylic acids is 1. The molecule has 3 heteroatoms. The number of benzene rings is 1. The number of nitrogens with two attached hydrogens (primary N) is 1. The Morgan fingerprint density at radius 3 is 2.20 bits per heavy atom. The average Bonchev–Trinajstić information content (AvgIpc) is 2.18. The molecule has 0 bridgehead atoms. The minimum atomic E-state index is -1.19. The fourth-order valence-electron chi connectivity index (χ4n) is 1.39. The van der Waals surface area contributed by atoms with Crippen LogP contribution >= 0.6 is 0 Å². The molecule has 0 aliphatic carbocycles. The molecule has 82 valence electrons. The molecule has 0 amide bonds. The zero-order chi connectivity index (χ0) is 11.5. The molecule has 0 radical (unpaired) electrons. The van der Waals surface area contributed by atoms with Gasteiger partial charge < -0.3 is 10.8 Å². The molecular formula is C12H17NO2. The van der Waals surface area contributed by atoms with E-state index in [1.807, 2.05) is 24.3 Å². The first-order valence-corrected chi connectivity index (χ1v) is 5.06. The Kier molecular flexibility index (Phi) is 3.48. The summed E-state index contributed by atoms with van der Waals surface area (Å²) < 4.78 is 0. The summed E-state index contributed by atoms with van der Waals surface area (Å²) in [5, 5.41) is 8.88. The minimum Gasteiger partial charge on any atom is -0.480 e. The number of hydrogen-bond acceptors (Lipinski definition) is 2. The molecule has 1 aromatic rings. The molecule has 3 N–H and O–H groups in total. The summed E-state index contributed by atoms with van der Waals surface area (Å²) in [4.78, 5) is 10.8. The largest absolute Gasteiger partial charge is 0.480 e. The molecule has 0 fully saturated rings. The highest BCUT2D eigenvalue weighted by molar-refractivity contribution is 5.78. The second kappa shape index (κ2) is 4.45. The van der Waals surface area contributed by atoms with Crippen LogP contribution in [0.3, 0.4) is 0 Å². The summed E-state index contributed by atoms with van der Waals surface area (Å²) in [6.45, 7) is 3.61. The van der Waals surface area contributed by atoms with Crippen molar-refractivity contribution in [3.05, 3.63) is 35.4 Å². The van der Waals surface area contributed by atoms with Gasteiger partial charge in [0, 0.05) is 6.42 Å². The molecule has 0 spiro atoms. The van der Waals surface area contributed by atoms with E-state index in [9.17, 15) is 4.79 Å². The van der Waals surface area contributed by atoms with Gasteiger partial charge in [-0.05, 0) is 24.5 Å². The van der Waals surface area contributed by atoms with E-state index < -0.39 is 11.5 Å². The summed E-state index contributed by atoms with van der Waals surface area (Å²) in [6, 6.07) is 7.89. The Balaban J connectivity index is 2.77. The van der Waals surface area contributed by atoms with Gasteiger partial charge in [-0.1, -0.05) is 31.2 Å². The van der Waals surface area contributed by atoms with Crippen molar-refractivity contribution >= 4 is 5.97 Å². The predicted octanol–water partition coefficient (Wildman–Crippen LogP) is 1.59. The van der Waals surface area contributed by atoms with Gasteiger partial charge in [-0.25, -0.2) is 0 Å². The van der Waals surface area contributed by atoms with E-state index in [0.29, 0.717) is 6.42 Å². The lowest BCUT2D eigenvalue weighted by Crippen LogP contribution is -2.46. The monoisotopic (exact) mass is 207 g/mol. The van der Waals surface area contributed by atoms with Gasteiger partial charge in [0.15, 0.2) is 0 Å². The van der Waals surface area contributed by atoms with E-state index in [-0.39, 0.29) is 0 Å². The Morgan fingerprint density at radius 1 is 1.33 bits per heavy atom. The zero-order valence-corrected chi connectivity index (χ0v) is 9.16. The molecule has 0 unspecified atom stereocenters. The van der Waals surface area contributed by atoms with Crippen molar-refractivity contribution < 1.29 is 9.90 Å². The number of aliphatic carboxylic acids is 1. The van der Waals surface area contributed by atoms with E-state index in [4.69, 9.17) is 10.8 Å². The Hall–Kier alpha value is -1.35. The highest BCUT2D eigenvalue weighted by atomic mass is 16.4. The van der Waals surface area contributed by atoms with Gasteiger partial charge in [0.1, 0.15) is 5.54 Å². The molecule has 0 heterocycles. The molecule has 1 atom stereocenters. The maximum atomic E-state index is 10.8. The third kappa shape index (κ3) is 3.06. The van der Waals surface area contributed by atoms with Gasteiger partial charge in [0.05, 0.1) is 0 Å². The number of carboxylic acid groups (broad SMARTS) is 1. The molecule has 0 aliphatic rings. The van der Waals surface area contributed by atoms with Crippen LogP contribution in [-0.4, -0.2) is 16.6 Å². The smallest absolute Gasteiger partial charge is 0.323 e. The van der Waals surface area contributed by atoms with Crippen LogP contribution in [0.5, 0.6) is 0 Å². The second-order valence-corrected chi connectivity index (χ2v) is 4.07. The normalized spacial score (nSPS) is 14.6. The Morgan fingerprint density at radius 2 is 1.80 bits per heavy atom.